The predicted octanol–water partition coefficient (Wildman–Crippen LogP) is 2.29. The van der Waals surface area contributed by atoms with Gasteiger partial charge in [0.15, 0.2) is 5.78 Å². The second-order valence-corrected chi connectivity index (χ2v) is 4.51. The molecule has 80 valence electrons. The van der Waals surface area contributed by atoms with Gasteiger partial charge in [-0.05, 0) is 45.2 Å². The highest BCUT2D eigenvalue weighted by molar-refractivity contribution is 5.92. The van der Waals surface area contributed by atoms with Gasteiger partial charge in [0.2, 0.25) is 0 Å². The van der Waals surface area contributed by atoms with Crippen molar-refractivity contribution >= 4 is 5.78 Å². The monoisotopic (exact) mass is 195 g/mol. The maximum atomic E-state index is 11.8. The van der Waals surface area contributed by atoms with Crippen molar-refractivity contribution in [2.45, 2.75) is 39.5 Å². The lowest BCUT2D eigenvalue weighted by Gasteiger charge is -2.28. The summed E-state index contributed by atoms with van der Waals surface area (Å²) >= 11 is 0. The van der Waals surface area contributed by atoms with Gasteiger partial charge in [0, 0.05) is 5.92 Å². The minimum Gasteiger partial charge on any atom is -0.330 e. The molecule has 1 fully saturated rings. The van der Waals surface area contributed by atoms with Crippen molar-refractivity contribution in [1.82, 2.24) is 0 Å². The molecule has 1 aliphatic rings. The maximum absolute atomic E-state index is 11.8. The Morgan fingerprint density at radius 1 is 1.36 bits per heavy atom. The second kappa shape index (κ2) is 5.30. The molecule has 1 saturated carbocycles. The van der Waals surface area contributed by atoms with E-state index in [4.69, 9.17) is 5.73 Å². The molecule has 0 radical (unpaired) electrons. The summed E-state index contributed by atoms with van der Waals surface area (Å²) in [5.41, 5.74) is 6.78. The highest BCUT2D eigenvalue weighted by Crippen LogP contribution is 2.30. The molecule has 0 aliphatic heterocycles. The smallest absolute Gasteiger partial charge is 0.159 e. The van der Waals surface area contributed by atoms with E-state index in [0.29, 0.717) is 18.2 Å². The number of allylic oxidation sites excluding steroid dienone is 2. The van der Waals surface area contributed by atoms with Gasteiger partial charge >= 0.3 is 0 Å². The van der Waals surface area contributed by atoms with Crippen LogP contribution in [0, 0.1) is 11.8 Å². The van der Waals surface area contributed by atoms with E-state index in [1.807, 2.05) is 13.8 Å². The Balaban J connectivity index is 2.63. The summed E-state index contributed by atoms with van der Waals surface area (Å²) < 4.78 is 0. The maximum Gasteiger partial charge on any atom is 0.159 e. The summed E-state index contributed by atoms with van der Waals surface area (Å²) in [4.78, 5) is 11.8. The van der Waals surface area contributed by atoms with Crippen LogP contribution in [0.25, 0.3) is 0 Å². The lowest BCUT2D eigenvalue weighted by Crippen LogP contribution is -2.31. The molecule has 2 N–H and O–H groups in total. The number of nitrogens with two attached hydrogens (primary N) is 1. The van der Waals surface area contributed by atoms with Crippen LogP contribution in [0.2, 0.25) is 0 Å². The molecule has 0 bridgehead atoms. The van der Waals surface area contributed by atoms with E-state index in [1.165, 1.54) is 12.8 Å². The lowest BCUT2D eigenvalue weighted by molar-refractivity contribution is -0.120. The summed E-state index contributed by atoms with van der Waals surface area (Å²) in [5.74, 6) is 0.913. The van der Waals surface area contributed by atoms with E-state index in [2.05, 4.69) is 0 Å². The van der Waals surface area contributed by atoms with Gasteiger partial charge in [0.1, 0.15) is 0 Å². The standard InChI is InChI=1S/C12H21NO/c1-9(2)7-12(14)11-6-4-3-5-10(11)8-13/h7,10-11H,3-6,8,13H2,1-2H3. The lowest BCUT2D eigenvalue weighted by atomic mass is 9.76. The van der Waals surface area contributed by atoms with Crippen LogP contribution in [0.15, 0.2) is 11.6 Å². The van der Waals surface area contributed by atoms with E-state index >= 15 is 0 Å². The van der Waals surface area contributed by atoms with Crippen molar-refractivity contribution in [3.63, 3.8) is 0 Å². The average molecular weight is 195 g/mol. The molecule has 2 atom stereocenters. The fourth-order valence-electron chi connectivity index (χ4n) is 2.26. The zero-order valence-corrected chi connectivity index (χ0v) is 9.25. The van der Waals surface area contributed by atoms with Gasteiger partial charge < -0.3 is 5.73 Å². The molecule has 2 heteroatoms. The Kier molecular flexibility index (Phi) is 4.33. The number of rotatable bonds is 3. The third-order valence-electron chi connectivity index (χ3n) is 3.01. The molecule has 0 heterocycles. The largest absolute Gasteiger partial charge is 0.330 e. The van der Waals surface area contributed by atoms with Crippen LogP contribution in [0.4, 0.5) is 0 Å². The Morgan fingerprint density at radius 2 is 2.00 bits per heavy atom. The van der Waals surface area contributed by atoms with E-state index in [1.54, 1.807) is 6.08 Å². The first-order valence-corrected chi connectivity index (χ1v) is 5.54. The third-order valence-corrected chi connectivity index (χ3v) is 3.01. The minimum absolute atomic E-state index is 0.198. The van der Waals surface area contributed by atoms with Gasteiger partial charge in [-0.3, -0.25) is 4.79 Å². The summed E-state index contributed by atoms with van der Waals surface area (Å²) in [6.45, 7) is 4.60. The Labute approximate surface area is 86.6 Å². The number of carbonyl (C=O) groups is 1. The Hall–Kier alpha value is -0.630. The minimum atomic E-state index is 0.198. The normalized spacial score (nSPS) is 27.1. The first-order chi connectivity index (χ1) is 6.65. The molecule has 0 saturated heterocycles. The van der Waals surface area contributed by atoms with Crippen LogP contribution >= 0.6 is 0 Å². The Bertz CT molecular complexity index is 228. The molecule has 2 unspecified atom stereocenters. The second-order valence-electron chi connectivity index (χ2n) is 4.51. The van der Waals surface area contributed by atoms with Crippen molar-refractivity contribution in [3.05, 3.63) is 11.6 Å². The fourth-order valence-corrected chi connectivity index (χ4v) is 2.26. The summed E-state index contributed by atoms with van der Waals surface area (Å²) in [5, 5.41) is 0. The van der Waals surface area contributed by atoms with Crippen LogP contribution in [-0.4, -0.2) is 12.3 Å². The van der Waals surface area contributed by atoms with Gasteiger partial charge in [-0.15, -0.1) is 0 Å². The molecular formula is C12H21NO. The molecular weight excluding hydrogens is 174 g/mol. The quantitative estimate of drug-likeness (QED) is 0.702. The van der Waals surface area contributed by atoms with E-state index in [0.717, 1.165) is 18.4 Å². The van der Waals surface area contributed by atoms with Crippen molar-refractivity contribution < 1.29 is 4.79 Å². The molecule has 1 aliphatic carbocycles. The summed E-state index contributed by atoms with van der Waals surface area (Å²) in [7, 11) is 0. The molecule has 0 spiro atoms. The van der Waals surface area contributed by atoms with E-state index < -0.39 is 0 Å². The van der Waals surface area contributed by atoms with Crippen LogP contribution in [0.1, 0.15) is 39.5 Å². The van der Waals surface area contributed by atoms with Gasteiger partial charge in [-0.2, -0.15) is 0 Å². The molecule has 0 aromatic carbocycles. The zero-order valence-electron chi connectivity index (χ0n) is 9.25. The zero-order chi connectivity index (χ0) is 10.6. The molecule has 14 heavy (non-hydrogen) atoms. The highest BCUT2D eigenvalue weighted by atomic mass is 16.1. The van der Waals surface area contributed by atoms with Crippen LogP contribution in [0.3, 0.4) is 0 Å². The van der Waals surface area contributed by atoms with Crippen molar-refractivity contribution in [3.8, 4) is 0 Å². The predicted molar refractivity (Wildman–Crippen MR) is 58.9 cm³/mol. The fraction of sp³-hybridized carbons (Fsp3) is 0.750. The van der Waals surface area contributed by atoms with Crippen LogP contribution in [-0.2, 0) is 4.79 Å². The Morgan fingerprint density at radius 3 is 2.57 bits per heavy atom. The van der Waals surface area contributed by atoms with Gasteiger partial charge in [-0.1, -0.05) is 18.4 Å². The topological polar surface area (TPSA) is 43.1 Å². The first-order valence-electron chi connectivity index (χ1n) is 5.54. The molecule has 0 aromatic rings. The van der Waals surface area contributed by atoms with E-state index in [-0.39, 0.29) is 5.92 Å². The highest BCUT2D eigenvalue weighted by Gasteiger charge is 2.28. The van der Waals surface area contributed by atoms with Gasteiger partial charge in [0.25, 0.3) is 0 Å². The van der Waals surface area contributed by atoms with Crippen molar-refractivity contribution in [2.75, 3.05) is 6.54 Å². The van der Waals surface area contributed by atoms with Crippen LogP contribution < -0.4 is 5.73 Å². The average Bonchev–Trinajstić information content (AvgIpc) is 2.16. The van der Waals surface area contributed by atoms with E-state index in [9.17, 15) is 4.79 Å². The summed E-state index contributed by atoms with van der Waals surface area (Å²) in [6.07, 6.45) is 6.36. The number of ketones is 1. The molecule has 1 rings (SSSR count). The van der Waals surface area contributed by atoms with Crippen LogP contribution in [0.5, 0.6) is 0 Å². The van der Waals surface area contributed by atoms with Gasteiger partial charge in [-0.25, -0.2) is 0 Å². The number of hydrogen-bond acceptors (Lipinski definition) is 2. The third kappa shape index (κ3) is 2.95. The number of hydrogen-bond donors (Lipinski definition) is 1. The SMILES string of the molecule is CC(C)=CC(=O)C1CCCCC1CN. The molecule has 0 aromatic heterocycles. The van der Waals surface area contributed by atoms with Crippen molar-refractivity contribution in [2.24, 2.45) is 17.6 Å². The molecule has 2 nitrogen and oxygen atoms in total. The van der Waals surface area contributed by atoms with Crippen molar-refractivity contribution in [1.29, 1.82) is 0 Å². The first kappa shape index (κ1) is 11.4. The van der Waals surface area contributed by atoms with Gasteiger partial charge in [0.05, 0.1) is 0 Å². The molecule has 0 amide bonds. The summed E-state index contributed by atoms with van der Waals surface area (Å²) in [6, 6.07) is 0. The number of carbonyl (C=O) groups excluding carboxylic acids is 1.